The minimum Gasteiger partial charge on any atom is -0.465 e. The van der Waals surface area contributed by atoms with Gasteiger partial charge in [-0.05, 0) is 112 Å². The number of aromatic nitrogens is 2. The van der Waals surface area contributed by atoms with Crippen molar-refractivity contribution in [2.24, 2.45) is 5.92 Å². The Morgan fingerprint density at radius 2 is 1.65 bits per heavy atom. The van der Waals surface area contributed by atoms with Crippen LogP contribution in [0.1, 0.15) is 78.7 Å². The van der Waals surface area contributed by atoms with Crippen molar-refractivity contribution in [3.63, 3.8) is 0 Å². The minimum absolute atomic E-state index is 0.156. The third kappa shape index (κ3) is 7.32. The number of allylic oxidation sites excluding steroid dienone is 5. The Morgan fingerprint density at radius 1 is 0.958 bits per heavy atom. The maximum absolute atomic E-state index is 12.7. The number of aryl methyl sites for hydroxylation is 4. The molecule has 0 bridgehead atoms. The fourth-order valence-corrected chi connectivity index (χ4v) is 7.27. The molecule has 1 saturated heterocycles. The van der Waals surface area contributed by atoms with E-state index in [2.05, 4.69) is 110 Å². The van der Waals surface area contributed by atoms with Crippen molar-refractivity contribution in [3.8, 4) is 0 Å². The van der Waals surface area contributed by atoms with E-state index in [9.17, 15) is 4.79 Å². The van der Waals surface area contributed by atoms with Crippen molar-refractivity contribution in [1.29, 1.82) is 0 Å². The molecule has 0 amide bonds. The molecule has 6 rings (SSSR count). The monoisotopic (exact) mass is 639 g/mol. The molecule has 2 heterocycles. The second-order valence-corrected chi connectivity index (χ2v) is 13.9. The number of imidazole rings is 1. The summed E-state index contributed by atoms with van der Waals surface area (Å²) in [5.41, 5.74) is 13.8. The molecule has 0 spiro atoms. The molecule has 0 N–H and O–H groups in total. The van der Waals surface area contributed by atoms with Gasteiger partial charge in [-0.25, -0.2) is 9.78 Å². The molecule has 48 heavy (non-hydrogen) atoms. The number of esters is 1. The van der Waals surface area contributed by atoms with Crippen molar-refractivity contribution in [3.05, 3.63) is 136 Å². The molecular weight excluding hydrogens is 590 g/mol. The Labute approximate surface area is 286 Å². The van der Waals surface area contributed by atoms with Gasteiger partial charge in [0.2, 0.25) is 0 Å². The highest BCUT2D eigenvalue weighted by atomic mass is 16.5. The maximum atomic E-state index is 12.7. The van der Waals surface area contributed by atoms with Gasteiger partial charge in [0.25, 0.3) is 0 Å². The molecule has 5 nitrogen and oxygen atoms in total. The molecule has 1 unspecified atom stereocenters. The SMILES string of the molecule is C=C(C)c1ccc(CCn2c(C3=C(C)C(C)C=CC(C(=O)OC)=C3)nc3cc(CN4CCC(c5cc(C)cc(C)c5)CC4)ccc32)cc1. The predicted molar refractivity (Wildman–Crippen MR) is 199 cm³/mol. The largest absolute Gasteiger partial charge is 0.465 e. The molecule has 4 aromatic rings. The molecule has 0 saturated carbocycles. The number of benzene rings is 3. The van der Waals surface area contributed by atoms with Crippen LogP contribution in [0.25, 0.3) is 22.2 Å². The quantitative estimate of drug-likeness (QED) is 0.171. The van der Waals surface area contributed by atoms with Crippen molar-refractivity contribution >= 4 is 28.1 Å². The van der Waals surface area contributed by atoms with Crippen LogP contribution in [-0.2, 0) is 29.0 Å². The Morgan fingerprint density at radius 3 is 2.31 bits per heavy atom. The predicted octanol–water partition coefficient (Wildman–Crippen LogP) is 9.39. The summed E-state index contributed by atoms with van der Waals surface area (Å²) in [6, 6.07) is 22.5. The number of piperidine rings is 1. The highest BCUT2D eigenvalue weighted by Crippen LogP contribution is 2.34. The summed E-state index contributed by atoms with van der Waals surface area (Å²) < 4.78 is 7.47. The zero-order chi connectivity index (χ0) is 33.9. The summed E-state index contributed by atoms with van der Waals surface area (Å²) >= 11 is 0. The second-order valence-electron chi connectivity index (χ2n) is 13.9. The number of hydrogen-bond acceptors (Lipinski definition) is 4. The van der Waals surface area contributed by atoms with Crippen molar-refractivity contribution in [2.75, 3.05) is 20.2 Å². The Balaban J connectivity index is 1.30. The number of fused-ring (bicyclic) bond motifs is 1. The van der Waals surface area contributed by atoms with Gasteiger partial charge in [0, 0.05) is 18.7 Å². The lowest BCUT2D eigenvalue weighted by atomic mass is 9.87. The first-order chi connectivity index (χ1) is 23.1. The second kappa shape index (κ2) is 14.3. The minimum atomic E-state index is -0.338. The van der Waals surface area contributed by atoms with E-state index in [-0.39, 0.29) is 11.9 Å². The highest BCUT2D eigenvalue weighted by Gasteiger charge is 2.24. The topological polar surface area (TPSA) is 47.4 Å². The van der Waals surface area contributed by atoms with Crippen LogP contribution in [0.15, 0.2) is 96.6 Å². The molecule has 1 fully saturated rings. The lowest BCUT2D eigenvalue weighted by Crippen LogP contribution is -2.32. The Kier molecular flexibility index (Phi) is 9.98. The van der Waals surface area contributed by atoms with E-state index < -0.39 is 0 Å². The first kappa shape index (κ1) is 33.4. The van der Waals surface area contributed by atoms with E-state index in [1.807, 2.05) is 19.1 Å². The van der Waals surface area contributed by atoms with Crippen LogP contribution >= 0.6 is 0 Å². The lowest BCUT2D eigenvalue weighted by Gasteiger charge is -2.32. The van der Waals surface area contributed by atoms with Crippen LogP contribution in [0.3, 0.4) is 0 Å². The van der Waals surface area contributed by atoms with Crippen LogP contribution in [0.2, 0.25) is 0 Å². The normalized spacial score (nSPS) is 17.5. The highest BCUT2D eigenvalue weighted by molar-refractivity contribution is 5.96. The molecule has 2 aliphatic rings. The molecule has 1 aromatic heterocycles. The number of methoxy groups -OCH3 is 1. The average molecular weight is 640 g/mol. The summed E-state index contributed by atoms with van der Waals surface area (Å²) in [6.45, 7) is 18.7. The van der Waals surface area contributed by atoms with Gasteiger partial charge in [-0.2, -0.15) is 0 Å². The number of ether oxygens (including phenoxy) is 1. The first-order valence-electron chi connectivity index (χ1n) is 17.3. The molecule has 1 aliphatic heterocycles. The summed E-state index contributed by atoms with van der Waals surface area (Å²) in [5, 5.41) is 0. The lowest BCUT2D eigenvalue weighted by molar-refractivity contribution is -0.135. The number of carbonyl (C=O) groups excluding carboxylic acids is 1. The van der Waals surface area contributed by atoms with Crippen LogP contribution in [-0.4, -0.2) is 40.6 Å². The number of nitrogens with zero attached hydrogens (tertiary/aromatic N) is 3. The summed E-state index contributed by atoms with van der Waals surface area (Å²) in [4.78, 5) is 20.6. The standard InChI is InChI=1S/C43H49N3O2/c1-28(2)35-13-9-33(10-14-35)16-21-46-41-15-11-34(27-45-19-17-36(18-20-45)38-23-29(3)22-30(4)24-38)25-40(41)44-42(46)39-26-37(43(47)48-7)12-8-31(5)32(39)6/h8-15,22-26,31,36H,1,16-21,27H2,2-7H3. The van der Waals surface area contributed by atoms with E-state index in [0.717, 1.165) is 66.2 Å². The van der Waals surface area contributed by atoms with Gasteiger partial charge in [0.05, 0.1) is 23.7 Å². The van der Waals surface area contributed by atoms with Crippen LogP contribution in [0.5, 0.6) is 0 Å². The van der Waals surface area contributed by atoms with Crippen LogP contribution in [0.4, 0.5) is 0 Å². The van der Waals surface area contributed by atoms with Gasteiger partial charge < -0.3 is 9.30 Å². The van der Waals surface area contributed by atoms with Gasteiger partial charge >= 0.3 is 5.97 Å². The average Bonchev–Trinajstić information content (AvgIpc) is 3.36. The number of rotatable bonds is 9. The van der Waals surface area contributed by atoms with Gasteiger partial charge in [0.1, 0.15) is 5.82 Å². The first-order valence-corrected chi connectivity index (χ1v) is 17.3. The van der Waals surface area contributed by atoms with Gasteiger partial charge in [-0.15, -0.1) is 0 Å². The Hall–Kier alpha value is -4.48. The molecule has 1 aliphatic carbocycles. The molecule has 248 valence electrons. The van der Waals surface area contributed by atoms with E-state index in [1.54, 1.807) is 0 Å². The molecule has 5 heteroatoms. The number of likely N-dealkylation sites (tertiary alicyclic amines) is 1. The van der Waals surface area contributed by atoms with Crippen LogP contribution < -0.4 is 0 Å². The Bertz CT molecular complexity index is 1910. The molecule has 1 atom stereocenters. The fourth-order valence-electron chi connectivity index (χ4n) is 7.27. The van der Waals surface area contributed by atoms with E-state index in [0.29, 0.717) is 11.5 Å². The number of carbonyl (C=O) groups is 1. The molecular formula is C43H49N3O2. The zero-order valence-electron chi connectivity index (χ0n) is 29.5. The zero-order valence-corrected chi connectivity index (χ0v) is 29.5. The van der Waals surface area contributed by atoms with Gasteiger partial charge in [-0.1, -0.05) is 96.5 Å². The third-order valence-corrected chi connectivity index (χ3v) is 10.2. The van der Waals surface area contributed by atoms with E-state index >= 15 is 0 Å². The van der Waals surface area contributed by atoms with E-state index in [4.69, 9.17) is 9.72 Å². The molecule has 3 aromatic carbocycles. The number of hydrogen-bond donors (Lipinski definition) is 0. The maximum Gasteiger partial charge on any atom is 0.337 e. The van der Waals surface area contributed by atoms with Crippen LogP contribution in [0, 0.1) is 19.8 Å². The summed E-state index contributed by atoms with van der Waals surface area (Å²) in [6.07, 6.45) is 9.14. The third-order valence-electron chi connectivity index (χ3n) is 10.2. The van der Waals surface area contributed by atoms with Crippen molar-refractivity contribution in [1.82, 2.24) is 14.5 Å². The summed E-state index contributed by atoms with van der Waals surface area (Å²) in [7, 11) is 1.43. The van der Waals surface area contributed by atoms with Gasteiger partial charge in [0.15, 0.2) is 0 Å². The summed E-state index contributed by atoms with van der Waals surface area (Å²) in [5.74, 6) is 1.34. The smallest absolute Gasteiger partial charge is 0.337 e. The molecule has 0 radical (unpaired) electrons. The van der Waals surface area contributed by atoms with E-state index in [1.165, 1.54) is 53.3 Å². The van der Waals surface area contributed by atoms with Crippen molar-refractivity contribution < 1.29 is 9.53 Å². The fraction of sp³-hybridized carbons (Fsp3) is 0.349. The van der Waals surface area contributed by atoms with Gasteiger partial charge in [-0.3, -0.25) is 4.90 Å². The van der Waals surface area contributed by atoms with Crippen molar-refractivity contribution in [2.45, 2.75) is 72.9 Å².